The molecule has 0 spiro atoms. The average molecular weight is 330 g/mol. The fourth-order valence-corrected chi connectivity index (χ4v) is 3.99. The molecule has 4 nitrogen and oxygen atoms in total. The number of nitrogens with zero attached hydrogens (tertiary/aromatic N) is 3. The molecule has 0 radical (unpaired) electrons. The number of aromatic nitrogens is 2. The Labute approximate surface area is 141 Å². The van der Waals surface area contributed by atoms with Crippen molar-refractivity contribution >= 4 is 11.6 Å². The van der Waals surface area contributed by atoms with Gasteiger partial charge >= 0.3 is 0 Å². The van der Waals surface area contributed by atoms with Gasteiger partial charge < -0.3 is 5.11 Å². The van der Waals surface area contributed by atoms with Gasteiger partial charge in [0.05, 0.1) is 6.10 Å². The van der Waals surface area contributed by atoms with Crippen LogP contribution in [0.4, 0.5) is 0 Å². The van der Waals surface area contributed by atoms with E-state index in [1.54, 1.807) is 0 Å². The van der Waals surface area contributed by atoms with Gasteiger partial charge in [0, 0.05) is 48.2 Å². The largest absolute Gasteiger partial charge is 0.392 e. The number of likely N-dealkylation sites (tertiary alicyclic amines) is 1. The normalized spacial score (nSPS) is 27.3. The maximum absolute atomic E-state index is 10.1. The van der Waals surface area contributed by atoms with Gasteiger partial charge in [-0.1, -0.05) is 11.6 Å². The summed E-state index contributed by atoms with van der Waals surface area (Å²) in [6, 6.07) is 7.56. The summed E-state index contributed by atoms with van der Waals surface area (Å²) in [5.74, 6) is 1.62. The lowest BCUT2D eigenvalue weighted by molar-refractivity contribution is 0.0138. The van der Waals surface area contributed by atoms with Crippen molar-refractivity contribution in [2.24, 2.45) is 11.8 Å². The number of hydrogen-bond acceptors (Lipinski definition) is 4. The third-order valence-electron chi connectivity index (χ3n) is 5.07. The Balaban J connectivity index is 1.43. The van der Waals surface area contributed by atoms with Crippen LogP contribution < -0.4 is 0 Å². The van der Waals surface area contributed by atoms with Crippen molar-refractivity contribution < 1.29 is 5.11 Å². The third kappa shape index (κ3) is 3.11. The first-order valence-electron chi connectivity index (χ1n) is 8.16. The van der Waals surface area contributed by atoms with Crippen LogP contribution in [-0.2, 0) is 6.54 Å². The van der Waals surface area contributed by atoms with E-state index in [4.69, 9.17) is 11.6 Å². The fourth-order valence-electron chi connectivity index (χ4n) is 3.86. The zero-order valence-corrected chi connectivity index (χ0v) is 13.7. The Bertz CT molecular complexity index is 660. The molecule has 2 aromatic rings. The molecular formula is C18H20ClN3O. The Kier molecular flexibility index (Phi) is 4.05. The molecule has 5 heteroatoms. The maximum atomic E-state index is 10.1. The number of aliphatic hydroxyl groups excluding tert-OH is 1. The SMILES string of the molecule is OC1[C@@H]2CC[C@H]1CN(Cc1cnc(-c3ccc(Cl)cc3)nc1)C2. The third-order valence-corrected chi connectivity index (χ3v) is 5.33. The summed E-state index contributed by atoms with van der Waals surface area (Å²) >= 11 is 5.91. The van der Waals surface area contributed by atoms with Gasteiger partial charge in [0.15, 0.2) is 5.82 Å². The van der Waals surface area contributed by atoms with Crippen molar-refractivity contribution in [1.29, 1.82) is 0 Å². The lowest BCUT2D eigenvalue weighted by Crippen LogP contribution is -2.44. The van der Waals surface area contributed by atoms with Crippen molar-refractivity contribution in [1.82, 2.24) is 14.9 Å². The highest BCUT2D eigenvalue weighted by Crippen LogP contribution is 2.37. The van der Waals surface area contributed by atoms with Gasteiger partial charge in [-0.15, -0.1) is 0 Å². The second-order valence-electron chi connectivity index (χ2n) is 6.70. The van der Waals surface area contributed by atoms with Gasteiger partial charge in [0.2, 0.25) is 0 Å². The minimum Gasteiger partial charge on any atom is -0.392 e. The van der Waals surface area contributed by atoms with Gasteiger partial charge in [-0.05, 0) is 48.9 Å². The van der Waals surface area contributed by atoms with Crippen LogP contribution in [0.3, 0.4) is 0 Å². The monoisotopic (exact) mass is 329 g/mol. The zero-order chi connectivity index (χ0) is 15.8. The maximum Gasteiger partial charge on any atom is 0.159 e. The molecule has 1 saturated carbocycles. The topological polar surface area (TPSA) is 49.2 Å². The van der Waals surface area contributed by atoms with Gasteiger partial charge in [-0.3, -0.25) is 4.90 Å². The highest BCUT2D eigenvalue weighted by molar-refractivity contribution is 6.30. The quantitative estimate of drug-likeness (QED) is 0.940. The molecule has 4 rings (SSSR count). The number of hydrogen-bond donors (Lipinski definition) is 1. The molecule has 2 bridgehead atoms. The minimum absolute atomic E-state index is 0.0882. The molecule has 1 N–H and O–H groups in total. The summed E-state index contributed by atoms with van der Waals surface area (Å²) in [7, 11) is 0. The van der Waals surface area contributed by atoms with E-state index in [0.29, 0.717) is 16.9 Å². The molecule has 1 saturated heterocycles. The predicted molar refractivity (Wildman–Crippen MR) is 90.0 cm³/mol. The predicted octanol–water partition coefficient (Wildman–Crippen LogP) is 3.00. The van der Waals surface area contributed by atoms with Gasteiger partial charge in [0.25, 0.3) is 0 Å². The minimum atomic E-state index is -0.0882. The van der Waals surface area contributed by atoms with Crippen LogP contribution in [0, 0.1) is 11.8 Å². The summed E-state index contributed by atoms with van der Waals surface area (Å²) < 4.78 is 0. The molecule has 1 unspecified atom stereocenters. The second kappa shape index (κ2) is 6.19. The van der Waals surface area contributed by atoms with Crippen LogP contribution in [0.2, 0.25) is 5.02 Å². The molecule has 2 heterocycles. The molecule has 23 heavy (non-hydrogen) atoms. The lowest BCUT2D eigenvalue weighted by Gasteiger charge is -2.35. The molecule has 3 atom stereocenters. The standard InChI is InChI=1S/C18H20ClN3O/c19-16-5-3-13(4-6-16)18-20-7-12(8-21-18)9-22-10-14-1-2-15(11-22)17(14)23/h3-8,14-15,17,23H,1-2,9-11H2/t14-,15+,17?. The van der Waals surface area contributed by atoms with E-state index < -0.39 is 0 Å². The summed E-state index contributed by atoms with van der Waals surface area (Å²) in [4.78, 5) is 11.4. The van der Waals surface area contributed by atoms with Crippen molar-refractivity contribution in [3.05, 3.63) is 47.2 Å². The van der Waals surface area contributed by atoms with Gasteiger partial charge in [-0.2, -0.15) is 0 Å². The van der Waals surface area contributed by atoms with Crippen molar-refractivity contribution in [3.8, 4) is 11.4 Å². The summed E-state index contributed by atoms with van der Waals surface area (Å²) in [6.45, 7) is 2.83. The van der Waals surface area contributed by atoms with E-state index in [-0.39, 0.29) is 6.10 Å². The zero-order valence-electron chi connectivity index (χ0n) is 12.9. The summed E-state index contributed by atoms with van der Waals surface area (Å²) in [5.41, 5.74) is 2.10. The van der Waals surface area contributed by atoms with E-state index in [1.807, 2.05) is 36.7 Å². The average Bonchev–Trinajstić information content (AvgIpc) is 2.78. The Morgan fingerprint density at radius 1 is 1.04 bits per heavy atom. The first-order valence-corrected chi connectivity index (χ1v) is 8.54. The fraction of sp³-hybridized carbons (Fsp3) is 0.444. The molecule has 0 amide bonds. The lowest BCUT2D eigenvalue weighted by atomic mass is 9.95. The smallest absolute Gasteiger partial charge is 0.159 e. The van der Waals surface area contributed by atoms with Crippen molar-refractivity contribution in [2.45, 2.75) is 25.5 Å². The number of rotatable bonds is 3. The highest BCUT2D eigenvalue weighted by atomic mass is 35.5. The molecule has 1 aromatic carbocycles. The van der Waals surface area contributed by atoms with Crippen LogP contribution >= 0.6 is 11.6 Å². The first-order chi connectivity index (χ1) is 11.2. The molecule has 120 valence electrons. The van der Waals surface area contributed by atoms with E-state index in [0.717, 1.165) is 49.4 Å². The van der Waals surface area contributed by atoms with Crippen LogP contribution in [0.15, 0.2) is 36.7 Å². The second-order valence-corrected chi connectivity index (χ2v) is 7.14. The van der Waals surface area contributed by atoms with Crippen LogP contribution in [0.1, 0.15) is 18.4 Å². The molecule has 1 aliphatic heterocycles. The highest BCUT2D eigenvalue weighted by Gasteiger charge is 2.40. The van der Waals surface area contributed by atoms with Crippen LogP contribution in [0.25, 0.3) is 11.4 Å². The summed E-state index contributed by atoms with van der Waals surface area (Å²) in [6.07, 6.45) is 6.05. The Hall–Kier alpha value is -1.49. The van der Waals surface area contributed by atoms with E-state index in [9.17, 15) is 5.11 Å². The number of benzene rings is 1. The van der Waals surface area contributed by atoms with Crippen LogP contribution in [0.5, 0.6) is 0 Å². The number of piperidine rings is 1. The molecule has 2 fully saturated rings. The molecule has 1 aromatic heterocycles. The Morgan fingerprint density at radius 2 is 1.65 bits per heavy atom. The number of aliphatic hydroxyl groups is 1. The number of halogens is 1. The van der Waals surface area contributed by atoms with Crippen LogP contribution in [-0.4, -0.2) is 39.2 Å². The first kappa shape index (κ1) is 15.1. The van der Waals surface area contributed by atoms with E-state index in [1.165, 1.54) is 0 Å². The van der Waals surface area contributed by atoms with Gasteiger partial charge in [0.1, 0.15) is 0 Å². The van der Waals surface area contributed by atoms with Gasteiger partial charge in [-0.25, -0.2) is 9.97 Å². The van der Waals surface area contributed by atoms with E-state index in [2.05, 4.69) is 14.9 Å². The Morgan fingerprint density at radius 3 is 2.26 bits per heavy atom. The van der Waals surface area contributed by atoms with Crippen molar-refractivity contribution in [3.63, 3.8) is 0 Å². The molecule has 2 aliphatic rings. The molecule has 1 aliphatic carbocycles. The summed E-state index contributed by atoms with van der Waals surface area (Å²) in [5, 5.41) is 10.8. The van der Waals surface area contributed by atoms with E-state index >= 15 is 0 Å². The number of fused-ring (bicyclic) bond motifs is 2. The van der Waals surface area contributed by atoms with Crippen molar-refractivity contribution in [2.75, 3.05) is 13.1 Å². The molecular weight excluding hydrogens is 310 g/mol.